The van der Waals surface area contributed by atoms with Crippen molar-refractivity contribution >= 4 is 16.9 Å². The topological polar surface area (TPSA) is 66.0 Å². The molecule has 0 radical (unpaired) electrons. The maximum Gasteiger partial charge on any atom is 0.336 e. The van der Waals surface area contributed by atoms with E-state index in [4.69, 9.17) is 0 Å². The second-order valence-corrected chi connectivity index (χ2v) is 3.98. The third-order valence-electron chi connectivity index (χ3n) is 2.84. The van der Waals surface area contributed by atoms with Crippen LogP contribution in [0.25, 0.3) is 22.2 Å². The number of carboxylic acids is 1. The molecule has 3 aromatic rings. The lowest BCUT2D eigenvalue weighted by atomic mass is 10.1. The van der Waals surface area contributed by atoms with Crippen molar-refractivity contribution in [1.82, 2.24) is 9.97 Å². The summed E-state index contributed by atoms with van der Waals surface area (Å²) in [7, 11) is 0. The van der Waals surface area contributed by atoms with E-state index in [1.54, 1.807) is 24.5 Å². The van der Waals surface area contributed by atoms with E-state index in [0.717, 1.165) is 5.56 Å². The molecule has 0 atom stereocenters. The van der Waals surface area contributed by atoms with Gasteiger partial charge in [0.25, 0.3) is 0 Å². The summed E-state index contributed by atoms with van der Waals surface area (Å²) >= 11 is 0. The zero-order valence-corrected chi connectivity index (χ0v) is 9.42. The summed E-state index contributed by atoms with van der Waals surface area (Å²) in [5.41, 5.74) is 2.50. The standard InChI is InChI=1S/C14H10N2O2/c17-14(18)11-7-13(9-5-6-15-8-9)16-12-4-2-1-3-10(11)12/h1-8,15H,(H,17,18). The lowest BCUT2D eigenvalue weighted by Crippen LogP contribution is -1.99. The average Bonchev–Trinajstić information content (AvgIpc) is 2.91. The van der Waals surface area contributed by atoms with Crippen LogP contribution in [0.5, 0.6) is 0 Å². The first-order valence-corrected chi connectivity index (χ1v) is 5.52. The number of rotatable bonds is 2. The van der Waals surface area contributed by atoms with Gasteiger partial charge in [-0.15, -0.1) is 0 Å². The van der Waals surface area contributed by atoms with E-state index in [9.17, 15) is 9.90 Å². The highest BCUT2D eigenvalue weighted by atomic mass is 16.4. The molecule has 0 amide bonds. The second kappa shape index (κ2) is 4.00. The van der Waals surface area contributed by atoms with Crippen LogP contribution in [-0.4, -0.2) is 21.0 Å². The number of aromatic amines is 1. The molecule has 0 aliphatic heterocycles. The molecule has 1 aromatic carbocycles. The average molecular weight is 238 g/mol. The smallest absolute Gasteiger partial charge is 0.336 e. The van der Waals surface area contributed by atoms with E-state index in [1.807, 2.05) is 24.3 Å². The van der Waals surface area contributed by atoms with Crippen molar-refractivity contribution in [2.24, 2.45) is 0 Å². The third-order valence-corrected chi connectivity index (χ3v) is 2.84. The maximum absolute atomic E-state index is 11.3. The van der Waals surface area contributed by atoms with Crippen LogP contribution in [0.4, 0.5) is 0 Å². The zero-order valence-electron chi connectivity index (χ0n) is 9.42. The molecule has 2 heterocycles. The van der Waals surface area contributed by atoms with Crippen LogP contribution in [-0.2, 0) is 0 Å². The number of aromatic nitrogens is 2. The van der Waals surface area contributed by atoms with E-state index in [1.165, 1.54) is 0 Å². The first-order valence-electron chi connectivity index (χ1n) is 5.52. The molecule has 3 rings (SSSR count). The molecular formula is C14H10N2O2. The van der Waals surface area contributed by atoms with Gasteiger partial charge < -0.3 is 10.1 Å². The summed E-state index contributed by atoms with van der Waals surface area (Å²) in [6.45, 7) is 0. The summed E-state index contributed by atoms with van der Waals surface area (Å²) in [5.74, 6) is -0.939. The van der Waals surface area contributed by atoms with Crippen molar-refractivity contribution in [1.29, 1.82) is 0 Å². The maximum atomic E-state index is 11.3. The fourth-order valence-electron chi connectivity index (χ4n) is 1.98. The number of benzene rings is 1. The Hall–Kier alpha value is -2.62. The van der Waals surface area contributed by atoms with Gasteiger partial charge in [-0.25, -0.2) is 9.78 Å². The van der Waals surface area contributed by atoms with Crippen LogP contribution in [0.1, 0.15) is 10.4 Å². The largest absolute Gasteiger partial charge is 0.478 e. The first kappa shape index (κ1) is 10.5. The van der Waals surface area contributed by atoms with Crippen LogP contribution in [0, 0.1) is 0 Å². The predicted molar refractivity (Wildman–Crippen MR) is 68.5 cm³/mol. The number of nitrogens with zero attached hydrogens (tertiary/aromatic N) is 1. The van der Waals surface area contributed by atoms with E-state index in [2.05, 4.69) is 9.97 Å². The Balaban J connectivity index is 2.33. The van der Waals surface area contributed by atoms with Crippen molar-refractivity contribution in [3.05, 3.63) is 54.4 Å². The molecule has 4 nitrogen and oxygen atoms in total. The molecule has 0 saturated carbocycles. The van der Waals surface area contributed by atoms with Crippen molar-refractivity contribution in [3.63, 3.8) is 0 Å². The molecular weight excluding hydrogens is 228 g/mol. The van der Waals surface area contributed by atoms with Gasteiger partial charge in [-0.2, -0.15) is 0 Å². The van der Waals surface area contributed by atoms with Crippen LogP contribution in [0.2, 0.25) is 0 Å². The lowest BCUT2D eigenvalue weighted by Gasteiger charge is -2.05. The highest BCUT2D eigenvalue weighted by Crippen LogP contribution is 2.24. The number of aromatic carboxylic acids is 1. The number of H-pyrrole nitrogens is 1. The molecule has 0 aliphatic rings. The Kier molecular flexibility index (Phi) is 2.34. The highest BCUT2D eigenvalue weighted by molar-refractivity contribution is 6.03. The van der Waals surface area contributed by atoms with Gasteiger partial charge in [-0.3, -0.25) is 0 Å². The Morgan fingerprint density at radius 2 is 2.06 bits per heavy atom. The molecule has 0 unspecified atom stereocenters. The van der Waals surface area contributed by atoms with Gasteiger partial charge in [0.1, 0.15) is 0 Å². The van der Waals surface area contributed by atoms with Crippen LogP contribution in [0.15, 0.2) is 48.8 Å². The summed E-state index contributed by atoms with van der Waals surface area (Å²) in [6, 6.07) is 10.7. The summed E-state index contributed by atoms with van der Waals surface area (Å²) in [6.07, 6.45) is 3.58. The van der Waals surface area contributed by atoms with E-state index < -0.39 is 5.97 Å². The first-order chi connectivity index (χ1) is 8.75. The zero-order chi connectivity index (χ0) is 12.5. The minimum absolute atomic E-state index is 0.275. The Labute approximate surface area is 103 Å². The van der Waals surface area contributed by atoms with E-state index in [0.29, 0.717) is 16.6 Å². The highest BCUT2D eigenvalue weighted by Gasteiger charge is 2.12. The number of carboxylic acid groups (broad SMARTS) is 1. The molecule has 0 aliphatic carbocycles. The predicted octanol–water partition coefficient (Wildman–Crippen LogP) is 2.93. The van der Waals surface area contributed by atoms with Gasteiger partial charge in [0.15, 0.2) is 0 Å². The minimum Gasteiger partial charge on any atom is -0.478 e. The normalized spacial score (nSPS) is 10.7. The monoisotopic (exact) mass is 238 g/mol. The van der Waals surface area contributed by atoms with Crippen molar-refractivity contribution in [2.75, 3.05) is 0 Å². The molecule has 0 spiro atoms. The quantitative estimate of drug-likeness (QED) is 0.721. The molecule has 18 heavy (non-hydrogen) atoms. The van der Waals surface area contributed by atoms with Gasteiger partial charge in [-0.1, -0.05) is 18.2 Å². The number of fused-ring (bicyclic) bond motifs is 1. The molecule has 0 fully saturated rings. The molecule has 4 heteroatoms. The SMILES string of the molecule is O=C(O)c1cc(-c2cc[nH]c2)nc2ccccc12. The minimum atomic E-state index is -0.939. The van der Waals surface area contributed by atoms with Gasteiger partial charge in [0, 0.05) is 23.3 Å². The Morgan fingerprint density at radius 3 is 2.78 bits per heavy atom. The number of pyridine rings is 1. The van der Waals surface area contributed by atoms with Crippen LogP contribution in [0.3, 0.4) is 0 Å². The summed E-state index contributed by atoms with van der Waals surface area (Å²) in [4.78, 5) is 18.7. The van der Waals surface area contributed by atoms with E-state index >= 15 is 0 Å². The summed E-state index contributed by atoms with van der Waals surface area (Å²) in [5, 5.41) is 9.93. The van der Waals surface area contributed by atoms with Gasteiger partial charge in [0.2, 0.25) is 0 Å². The van der Waals surface area contributed by atoms with Crippen molar-refractivity contribution in [3.8, 4) is 11.3 Å². The van der Waals surface area contributed by atoms with Gasteiger partial charge in [-0.05, 0) is 18.2 Å². The second-order valence-electron chi connectivity index (χ2n) is 3.98. The Morgan fingerprint density at radius 1 is 1.22 bits per heavy atom. The number of carbonyl (C=O) groups is 1. The third kappa shape index (κ3) is 1.64. The fraction of sp³-hybridized carbons (Fsp3) is 0. The molecule has 0 saturated heterocycles. The summed E-state index contributed by atoms with van der Waals surface area (Å²) < 4.78 is 0. The Bertz CT molecular complexity index is 718. The molecule has 88 valence electrons. The lowest BCUT2D eigenvalue weighted by molar-refractivity contribution is 0.0699. The van der Waals surface area contributed by atoms with E-state index in [-0.39, 0.29) is 5.56 Å². The van der Waals surface area contributed by atoms with Crippen LogP contribution >= 0.6 is 0 Å². The molecule has 2 aromatic heterocycles. The number of hydrogen-bond donors (Lipinski definition) is 2. The fourth-order valence-corrected chi connectivity index (χ4v) is 1.98. The van der Waals surface area contributed by atoms with Gasteiger partial charge >= 0.3 is 5.97 Å². The number of nitrogens with one attached hydrogen (secondary N) is 1. The number of hydrogen-bond acceptors (Lipinski definition) is 2. The van der Waals surface area contributed by atoms with Crippen LogP contribution < -0.4 is 0 Å². The number of para-hydroxylation sites is 1. The van der Waals surface area contributed by atoms with Crippen molar-refractivity contribution in [2.45, 2.75) is 0 Å². The molecule has 0 bridgehead atoms. The van der Waals surface area contributed by atoms with Crippen molar-refractivity contribution < 1.29 is 9.90 Å². The van der Waals surface area contributed by atoms with Gasteiger partial charge in [0.05, 0.1) is 16.8 Å². The molecule has 2 N–H and O–H groups in total.